The number of oxazole rings is 1. The van der Waals surface area contributed by atoms with E-state index in [-0.39, 0.29) is 0 Å². The first-order valence-electron chi connectivity index (χ1n) is 8.26. The van der Waals surface area contributed by atoms with Crippen LogP contribution >= 0.6 is 11.3 Å². The van der Waals surface area contributed by atoms with Crippen LogP contribution in [0.25, 0.3) is 11.5 Å². The highest BCUT2D eigenvalue weighted by Crippen LogP contribution is 2.18. The third-order valence-electron chi connectivity index (χ3n) is 3.66. The van der Waals surface area contributed by atoms with Crippen LogP contribution in [-0.2, 0) is 13.1 Å². The molecule has 0 saturated carbocycles. The van der Waals surface area contributed by atoms with Gasteiger partial charge in [-0.05, 0) is 41.4 Å². The van der Waals surface area contributed by atoms with E-state index in [1.165, 1.54) is 5.56 Å². The van der Waals surface area contributed by atoms with Crippen molar-refractivity contribution in [2.45, 2.75) is 20.0 Å². The first kappa shape index (κ1) is 17.2. The Morgan fingerprint density at radius 1 is 1.28 bits per heavy atom. The van der Waals surface area contributed by atoms with Crippen molar-refractivity contribution >= 4 is 17.3 Å². The molecule has 2 aromatic heterocycles. The number of benzene rings is 1. The van der Waals surface area contributed by atoms with E-state index >= 15 is 0 Å². The van der Waals surface area contributed by atoms with Crippen LogP contribution in [0.1, 0.15) is 18.2 Å². The normalized spacial score (nSPS) is 11.5. The molecular weight excluding hydrogens is 332 g/mol. The lowest BCUT2D eigenvalue weighted by molar-refractivity contribution is 0.477. The lowest BCUT2D eigenvalue weighted by atomic mass is 10.2. The van der Waals surface area contributed by atoms with Gasteiger partial charge in [0.25, 0.3) is 0 Å². The van der Waals surface area contributed by atoms with Gasteiger partial charge in [-0.15, -0.1) is 0 Å². The van der Waals surface area contributed by atoms with Crippen molar-refractivity contribution < 1.29 is 4.42 Å². The Morgan fingerprint density at radius 3 is 2.84 bits per heavy atom. The highest BCUT2D eigenvalue weighted by Gasteiger charge is 2.09. The van der Waals surface area contributed by atoms with Gasteiger partial charge in [-0.25, -0.2) is 9.98 Å². The highest BCUT2D eigenvalue weighted by molar-refractivity contribution is 7.07. The average molecular weight is 354 g/mol. The van der Waals surface area contributed by atoms with E-state index in [2.05, 4.69) is 43.9 Å². The Kier molecular flexibility index (Phi) is 5.85. The summed E-state index contributed by atoms with van der Waals surface area (Å²) in [6, 6.07) is 12.0. The van der Waals surface area contributed by atoms with E-state index in [1.807, 2.05) is 37.4 Å². The summed E-state index contributed by atoms with van der Waals surface area (Å²) in [6.07, 6.45) is 1.67. The molecule has 1 N–H and O–H groups in total. The molecule has 0 spiro atoms. The van der Waals surface area contributed by atoms with E-state index in [0.717, 1.165) is 30.3 Å². The minimum Gasteiger partial charge on any atom is -0.444 e. The largest absolute Gasteiger partial charge is 0.444 e. The summed E-state index contributed by atoms with van der Waals surface area (Å²) >= 11 is 1.71. The van der Waals surface area contributed by atoms with E-state index in [4.69, 9.17) is 4.42 Å². The van der Waals surface area contributed by atoms with Crippen LogP contribution in [-0.4, -0.2) is 29.4 Å². The first-order valence-corrected chi connectivity index (χ1v) is 9.21. The lowest BCUT2D eigenvalue weighted by Crippen LogP contribution is -2.38. The Hall–Kier alpha value is -2.60. The number of hydrogen-bond donors (Lipinski definition) is 1. The van der Waals surface area contributed by atoms with Crippen molar-refractivity contribution in [1.29, 1.82) is 0 Å². The maximum atomic E-state index is 5.58. The summed E-state index contributed by atoms with van der Waals surface area (Å²) in [5, 5.41) is 7.57. The second-order valence-corrected chi connectivity index (χ2v) is 6.45. The third kappa shape index (κ3) is 4.70. The van der Waals surface area contributed by atoms with Gasteiger partial charge in [-0.1, -0.05) is 18.2 Å². The molecule has 0 aliphatic heterocycles. The molecule has 1 aromatic carbocycles. The topological polar surface area (TPSA) is 53.7 Å². The van der Waals surface area contributed by atoms with Crippen LogP contribution in [0.15, 0.2) is 62.8 Å². The smallest absolute Gasteiger partial charge is 0.226 e. The number of guanidine groups is 1. The van der Waals surface area contributed by atoms with Gasteiger partial charge in [-0.2, -0.15) is 11.3 Å². The molecule has 0 aliphatic rings. The van der Waals surface area contributed by atoms with Crippen molar-refractivity contribution in [1.82, 2.24) is 15.2 Å². The fourth-order valence-electron chi connectivity index (χ4n) is 2.45. The number of rotatable bonds is 6. The summed E-state index contributed by atoms with van der Waals surface area (Å²) in [6.45, 7) is 4.19. The minimum absolute atomic E-state index is 0.479. The van der Waals surface area contributed by atoms with Gasteiger partial charge in [0.2, 0.25) is 5.89 Å². The van der Waals surface area contributed by atoms with Gasteiger partial charge in [0, 0.05) is 25.7 Å². The van der Waals surface area contributed by atoms with Gasteiger partial charge in [-0.3, -0.25) is 0 Å². The van der Waals surface area contributed by atoms with Gasteiger partial charge in [0.1, 0.15) is 12.0 Å². The molecule has 5 nitrogen and oxygen atoms in total. The minimum atomic E-state index is 0.479. The monoisotopic (exact) mass is 354 g/mol. The Labute approximate surface area is 152 Å². The fraction of sp³-hybridized carbons (Fsp3) is 0.263. The molecule has 0 aliphatic carbocycles. The van der Waals surface area contributed by atoms with E-state index in [0.29, 0.717) is 12.4 Å². The van der Waals surface area contributed by atoms with Crippen molar-refractivity contribution in [3.8, 4) is 11.5 Å². The SMILES string of the molecule is CCNC(=NCc1coc(-c2ccccc2)n1)N(C)Cc1ccsc1. The first-order chi connectivity index (χ1) is 12.3. The zero-order chi connectivity index (χ0) is 17.5. The number of hydrogen-bond acceptors (Lipinski definition) is 4. The van der Waals surface area contributed by atoms with Crippen LogP contribution < -0.4 is 5.32 Å². The van der Waals surface area contributed by atoms with Crippen LogP contribution in [0.3, 0.4) is 0 Å². The zero-order valence-corrected chi connectivity index (χ0v) is 15.3. The standard InChI is InChI=1S/C19H22N4OS/c1-3-20-19(23(2)12-15-9-10-25-14-15)21-11-17-13-24-18(22-17)16-7-5-4-6-8-16/h4-10,13-14H,3,11-12H2,1-2H3,(H,20,21). The van der Waals surface area contributed by atoms with Gasteiger partial charge >= 0.3 is 0 Å². The van der Waals surface area contributed by atoms with Crippen molar-refractivity contribution in [3.05, 3.63) is 64.7 Å². The number of nitrogens with one attached hydrogen (secondary N) is 1. The number of nitrogens with zero attached hydrogens (tertiary/aromatic N) is 3. The number of aliphatic imine (C=N–C) groups is 1. The molecule has 6 heteroatoms. The van der Waals surface area contributed by atoms with Crippen LogP contribution in [0.2, 0.25) is 0 Å². The quantitative estimate of drug-likeness (QED) is 0.537. The molecule has 0 amide bonds. The summed E-state index contributed by atoms with van der Waals surface area (Å²) in [5.41, 5.74) is 3.07. The van der Waals surface area contributed by atoms with Crippen molar-refractivity contribution in [2.24, 2.45) is 4.99 Å². The van der Waals surface area contributed by atoms with Crippen molar-refractivity contribution in [3.63, 3.8) is 0 Å². The number of aromatic nitrogens is 1. The van der Waals surface area contributed by atoms with Crippen LogP contribution in [0, 0.1) is 0 Å². The molecular formula is C19H22N4OS. The second kappa shape index (κ2) is 8.48. The van der Waals surface area contributed by atoms with E-state index in [9.17, 15) is 0 Å². The molecule has 0 bridgehead atoms. The summed E-state index contributed by atoms with van der Waals surface area (Å²) in [4.78, 5) is 11.3. The van der Waals surface area contributed by atoms with Gasteiger partial charge in [0.05, 0.1) is 6.54 Å². The van der Waals surface area contributed by atoms with Gasteiger partial charge in [0.15, 0.2) is 5.96 Å². The predicted octanol–water partition coefficient (Wildman–Crippen LogP) is 4.00. The van der Waals surface area contributed by atoms with Crippen LogP contribution in [0.4, 0.5) is 0 Å². The summed E-state index contributed by atoms with van der Waals surface area (Å²) < 4.78 is 5.58. The molecule has 0 unspecified atom stereocenters. The molecule has 0 saturated heterocycles. The predicted molar refractivity (Wildman–Crippen MR) is 103 cm³/mol. The number of thiophene rings is 1. The van der Waals surface area contributed by atoms with Crippen molar-refractivity contribution in [2.75, 3.05) is 13.6 Å². The Bertz CT molecular complexity index is 796. The third-order valence-corrected chi connectivity index (χ3v) is 4.39. The second-order valence-electron chi connectivity index (χ2n) is 5.67. The molecule has 0 fully saturated rings. The maximum absolute atomic E-state index is 5.58. The molecule has 0 atom stereocenters. The maximum Gasteiger partial charge on any atom is 0.226 e. The zero-order valence-electron chi connectivity index (χ0n) is 14.5. The van der Waals surface area contributed by atoms with E-state index < -0.39 is 0 Å². The van der Waals surface area contributed by atoms with E-state index in [1.54, 1.807) is 17.6 Å². The molecule has 3 aromatic rings. The van der Waals surface area contributed by atoms with Gasteiger partial charge < -0.3 is 14.6 Å². The fourth-order valence-corrected chi connectivity index (χ4v) is 3.11. The Balaban J connectivity index is 1.68. The van der Waals surface area contributed by atoms with Crippen LogP contribution in [0.5, 0.6) is 0 Å². The Morgan fingerprint density at radius 2 is 2.12 bits per heavy atom. The lowest BCUT2D eigenvalue weighted by Gasteiger charge is -2.21. The molecule has 3 rings (SSSR count). The molecule has 0 radical (unpaired) electrons. The summed E-state index contributed by atoms with van der Waals surface area (Å²) in [7, 11) is 2.04. The molecule has 2 heterocycles. The molecule has 25 heavy (non-hydrogen) atoms. The molecule has 130 valence electrons. The average Bonchev–Trinajstić information content (AvgIpc) is 3.31. The highest BCUT2D eigenvalue weighted by atomic mass is 32.1. The summed E-state index contributed by atoms with van der Waals surface area (Å²) in [5.74, 6) is 1.49.